The Hall–Kier alpha value is -4.75. The molecule has 49 heavy (non-hydrogen) atoms. The first-order valence-corrected chi connectivity index (χ1v) is 16.4. The molecule has 11 nitrogen and oxygen atoms in total. The van der Waals surface area contributed by atoms with Crippen LogP contribution in [0.25, 0.3) is 0 Å². The standard InChI is InChI=1S/C36H45F2N5O6/c1-23-20-43(24(2)22-44)34(45)31-19-30(40-35(46)39-28-12-8-26(37)9-13-28)16-17-32(31)49-25(3)7-5-6-18-48-33(23)21-42(4)36(47)41-29-14-10-27(38)11-15-29/h8-17,19,23-25,33,44H,5-7,18,20-22H2,1-4H3,(H,41,47)(H2,39,40,46)/t23-,24+,25-,33+/m0/s1. The number of hydrogen-bond acceptors (Lipinski definition) is 6. The summed E-state index contributed by atoms with van der Waals surface area (Å²) in [6, 6.07) is 14.0. The van der Waals surface area contributed by atoms with Crippen molar-refractivity contribution in [3.8, 4) is 5.75 Å². The largest absolute Gasteiger partial charge is 0.490 e. The van der Waals surface area contributed by atoms with E-state index >= 15 is 0 Å². The summed E-state index contributed by atoms with van der Waals surface area (Å²) >= 11 is 0. The molecule has 0 fully saturated rings. The number of urea groups is 2. The number of halogens is 2. The number of carbonyl (C=O) groups excluding carboxylic acids is 3. The van der Waals surface area contributed by atoms with Crippen molar-refractivity contribution in [3.05, 3.63) is 83.9 Å². The SMILES string of the molecule is C[C@H](CO)N1C[C@H](C)[C@@H](CN(C)C(=O)Nc2ccc(F)cc2)OCCCC[C@H](C)Oc2ccc(NC(=O)Nc3ccc(F)cc3)cc2C1=O. The topological polar surface area (TPSA) is 132 Å². The summed E-state index contributed by atoms with van der Waals surface area (Å²) in [5, 5.41) is 18.3. The predicted molar refractivity (Wildman–Crippen MR) is 184 cm³/mol. The van der Waals surface area contributed by atoms with Gasteiger partial charge >= 0.3 is 12.1 Å². The molecule has 0 saturated heterocycles. The molecule has 0 radical (unpaired) electrons. The van der Waals surface area contributed by atoms with Crippen molar-refractivity contribution in [2.75, 3.05) is 49.3 Å². The lowest BCUT2D eigenvalue weighted by Gasteiger charge is -2.35. The van der Waals surface area contributed by atoms with Gasteiger partial charge in [-0.3, -0.25) is 4.79 Å². The third-order valence-electron chi connectivity index (χ3n) is 8.31. The van der Waals surface area contributed by atoms with E-state index in [4.69, 9.17) is 9.47 Å². The van der Waals surface area contributed by atoms with Crippen molar-refractivity contribution in [2.45, 2.75) is 58.3 Å². The van der Waals surface area contributed by atoms with Crippen molar-refractivity contribution in [3.63, 3.8) is 0 Å². The maximum Gasteiger partial charge on any atom is 0.323 e. The molecule has 4 rings (SSSR count). The molecule has 0 aromatic heterocycles. The van der Waals surface area contributed by atoms with Crippen LogP contribution in [0.1, 0.15) is 50.4 Å². The second-order valence-electron chi connectivity index (χ2n) is 12.4. The summed E-state index contributed by atoms with van der Waals surface area (Å²) in [6.07, 6.45) is 1.52. The summed E-state index contributed by atoms with van der Waals surface area (Å²) in [6.45, 7) is 6.07. The van der Waals surface area contributed by atoms with Gasteiger partial charge in [0.05, 0.1) is 30.4 Å². The van der Waals surface area contributed by atoms with Gasteiger partial charge in [0.2, 0.25) is 0 Å². The van der Waals surface area contributed by atoms with Gasteiger partial charge < -0.3 is 40.3 Å². The van der Waals surface area contributed by atoms with Gasteiger partial charge in [-0.1, -0.05) is 6.92 Å². The highest BCUT2D eigenvalue weighted by Gasteiger charge is 2.31. The predicted octanol–water partition coefficient (Wildman–Crippen LogP) is 6.57. The molecule has 0 spiro atoms. The van der Waals surface area contributed by atoms with Gasteiger partial charge in [0.15, 0.2) is 0 Å². The highest BCUT2D eigenvalue weighted by Crippen LogP contribution is 2.29. The lowest BCUT2D eigenvalue weighted by atomic mass is 10.0. The van der Waals surface area contributed by atoms with E-state index < -0.39 is 41.7 Å². The van der Waals surface area contributed by atoms with Crippen LogP contribution >= 0.6 is 0 Å². The number of likely N-dealkylation sites (N-methyl/N-ethyl adjacent to an activating group) is 1. The van der Waals surface area contributed by atoms with Crippen molar-refractivity contribution in [2.24, 2.45) is 5.92 Å². The van der Waals surface area contributed by atoms with Crippen LogP contribution in [-0.2, 0) is 4.74 Å². The lowest BCUT2D eigenvalue weighted by molar-refractivity contribution is -0.0115. The van der Waals surface area contributed by atoms with E-state index in [1.165, 1.54) is 59.5 Å². The first kappa shape index (κ1) is 37.1. The Morgan fingerprint density at radius 3 is 2.16 bits per heavy atom. The van der Waals surface area contributed by atoms with Crippen molar-refractivity contribution < 1.29 is 37.7 Å². The number of fused-ring (bicyclic) bond motifs is 1. The summed E-state index contributed by atoms with van der Waals surface area (Å²) in [5.41, 5.74) is 1.36. The maximum atomic E-state index is 14.3. The number of anilines is 3. The highest BCUT2D eigenvalue weighted by atomic mass is 19.1. The second kappa shape index (κ2) is 17.6. The smallest absolute Gasteiger partial charge is 0.323 e. The Balaban J connectivity index is 1.57. The Labute approximate surface area is 285 Å². The lowest BCUT2D eigenvalue weighted by Crippen LogP contribution is -2.48. The van der Waals surface area contributed by atoms with Crippen LogP contribution in [0, 0.1) is 17.6 Å². The van der Waals surface area contributed by atoms with E-state index in [-0.39, 0.29) is 37.3 Å². The van der Waals surface area contributed by atoms with Crippen LogP contribution in [0.2, 0.25) is 0 Å². The average Bonchev–Trinajstić information content (AvgIpc) is 3.07. The fourth-order valence-corrected chi connectivity index (χ4v) is 5.39. The molecule has 0 bridgehead atoms. The van der Waals surface area contributed by atoms with Crippen LogP contribution in [0.15, 0.2) is 66.7 Å². The quantitative estimate of drug-likeness (QED) is 0.223. The molecule has 4 N–H and O–H groups in total. The minimum absolute atomic E-state index is 0.177. The van der Waals surface area contributed by atoms with E-state index in [1.807, 2.05) is 13.8 Å². The first-order chi connectivity index (χ1) is 23.4. The van der Waals surface area contributed by atoms with E-state index in [0.717, 1.165) is 12.8 Å². The fraction of sp³-hybridized carbons (Fsp3) is 0.417. The van der Waals surface area contributed by atoms with Crippen LogP contribution < -0.4 is 20.7 Å². The summed E-state index contributed by atoms with van der Waals surface area (Å²) < 4.78 is 39.2. The van der Waals surface area contributed by atoms with Crippen molar-refractivity contribution in [1.29, 1.82) is 0 Å². The third-order valence-corrected chi connectivity index (χ3v) is 8.31. The van der Waals surface area contributed by atoms with Gasteiger partial charge in [-0.05, 0) is 99.8 Å². The third kappa shape index (κ3) is 10.9. The zero-order valence-electron chi connectivity index (χ0n) is 28.2. The zero-order valence-corrected chi connectivity index (χ0v) is 28.2. The van der Waals surface area contributed by atoms with Gasteiger partial charge in [0.25, 0.3) is 5.91 Å². The Kier molecular flexibility index (Phi) is 13.3. The van der Waals surface area contributed by atoms with Crippen molar-refractivity contribution >= 4 is 35.0 Å². The van der Waals surface area contributed by atoms with E-state index in [1.54, 1.807) is 31.0 Å². The minimum atomic E-state index is -0.591. The van der Waals surface area contributed by atoms with Crippen LogP contribution in [0.5, 0.6) is 5.75 Å². The fourth-order valence-electron chi connectivity index (χ4n) is 5.39. The molecule has 264 valence electrons. The Bertz CT molecular complexity index is 1560. The molecular weight excluding hydrogens is 636 g/mol. The number of rotatable bonds is 7. The maximum absolute atomic E-state index is 14.3. The molecule has 0 aliphatic carbocycles. The molecular formula is C36H45F2N5O6. The Morgan fingerprint density at radius 2 is 1.53 bits per heavy atom. The average molecular weight is 682 g/mol. The highest BCUT2D eigenvalue weighted by molar-refractivity contribution is 6.02. The van der Waals surface area contributed by atoms with Gasteiger partial charge in [0.1, 0.15) is 17.4 Å². The second-order valence-corrected chi connectivity index (χ2v) is 12.4. The molecule has 4 atom stereocenters. The molecule has 0 saturated carbocycles. The number of amides is 5. The molecule has 1 heterocycles. The van der Waals surface area contributed by atoms with E-state index in [9.17, 15) is 28.3 Å². The number of nitrogens with zero attached hydrogens (tertiary/aromatic N) is 2. The van der Waals surface area contributed by atoms with E-state index in [0.29, 0.717) is 35.8 Å². The molecule has 1 aliphatic rings. The van der Waals surface area contributed by atoms with Gasteiger partial charge in [0, 0.05) is 49.7 Å². The molecule has 3 aromatic rings. The summed E-state index contributed by atoms with van der Waals surface area (Å²) in [7, 11) is 1.63. The molecule has 13 heteroatoms. The van der Waals surface area contributed by atoms with Crippen LogP contribution in [-0.4, -0.2) is 84.5 Å². The van der Waals surface area contributed by atoms with Gasteiger partial charge in [-0.15, -0.1) is 0 Å². The number of nitrogens with one attached hydrogen (secondary N) is 3. The molecule has 3 aromatic carbocycles. The zero-order chi connectivity index (χ0) is 35.5. The van der Waals surface area contributed by atoms with E-state index in [2.05, 4.69) is 16.0 Å². The molecule has 1 aliphatic heterocycles. The summed E-state index contributed by atoms with van der Waals surface area (Å²) in [4.78, 5) is 43.1. The number of aliphatic hydroxyl groups excluding tert-OH is 1. The summed E-state index contributed by atoms with van der Waals surface area (Å²) in [5.74, 6) is -1.21. The monoisotopic (exact) mass is 681 g/mol. The minimum Gasteiger partial charge on any atom is -0.490 e. The number of aliphatic hydroxyl groups is 1. The number of hydrogen-bond donors (Lipinski definition) is 4. The van der Waals surface area contributed by atoms with Crippen molar-refractivity contribution in [1.82, 2.24) is 9.80 Å². The van der Waals surface area contributed by atoms with Crippen LogP contribution in [0.4, 0.5) is 35.4 Å². The first-order valence-electron chi connectivity index (χ1n) is 16.4. The van der Waals surface area contributed by atoms with Crippen LogP contribution in [0.3, 0.4) is 0 Å². The number of ether oxygens (including phenoxy) is 2. The molecule has 5 amide bonds. The Morgan fingerprint density at radius 1 is 0.939 bits per heavy atom. The normalized spacial score (nSPS) is 19.4. The number of benzene rings is 3. The van der Waals surface area contributed by atoms with Gasteiger partial charge in [-0.2, -0.15) is 0 Å². The number of carbonyl (C=O) groups is 3. The van der Waals surface area contributed by atoms with Gasteiger partial charge in [-0.25, -0.2) is 18.4 Å². The molecule has 0 unspecified atom stereocenters.